The summed E-state index contributed by atoms with van der Waals surface area (Å²) in [6.45, 7) is 0. The van der Waals surface area contributed by atoms with Crippen LogP contribution < -0.4 is 16.0 Å². The van der Waals surface area contributed by atoms with Gasteiger partial charge in [0.2, 0.25) is 17.7 Å². The molecule has 1 saturated heterocycles. The van der Waals surface area contributed by atoms with Crippen LogP contribution in [-0.4, -0.2) is 50.3 Å². The van der Waals surface area contributed by atoms with Gasteiger partial charge in [-0.05, 0) is 47.9 Å². The number of benzene rings is 2. The number of rotatable bonds is 8. The molecule has 3 N–H and O–H groups in total. The average molecular weight is 595 g/mol. The molecule has 2 aliphatic rings. The van der Waals surface area contributed by atoms with Gasteiger partial charge in [0, 0.05) is 49.5 Å². The molecule has 1 aromatic heterocycles. The summed E-state index contributed by atoms with van der Waals surface area (Å²) in [4.78, 5) is 63.3. The van der Waals surface area contributed by atoms with Crippen LogP contribution in [0, 0.1) is 0 Å². The molecule has 0 aliphatic carbocycles. The van der Waals surface area contributed by atoms with Crippen LogP contribution in [0.3, 0.4) is 0 Å². The zero-order valence-corrected chi connectivity index (χ0v) is 22.6. The van der Waals surface area contributed by atoms with Crippen LogP contribution in [0.25, 0.3) is 0 Å². The zero-order chi connectivity index (χ0) is 30.9. The molecule has 0 spiro atoms. The molecule has 222 valence electrons. The highest BCUT2D eigenvalue weighted by Gasteiger charge is 2.42. The number of carbonyl (C=O) groups is 5. The zero-order valence-electron chi connectivity index (χ0n) is 22.6. The maximum Gasteiger partial charge on any atom is 0.416 e. The van der Waals surface area contributed by atoms with Gasteiger partial charge < -0.3 is 10.6 Å². The molecule has 0 saturated carbocycles. The normalized spacial score (nSPS) is 17.9. The Morgan fingerprint density at radius 1 is 1.07 bits per heavy atom. The molecule has 1 fully saturated rings. The summed E-state index contributed by atoms with van der Waals surface area (Å²) in [6, 6.07) is 9.95. The first kappa shape index (κ1) is 29.2. The van der Waals surface area contributed by atoms with Crippen LogP contribution in [-0.2, 0) is 37.2 Å². The summed E-state index contributed by atoms with van der Waals surface area (Å²) < 4.78 is 40.9. The average Bonchev–Trinajstić information content (AvgIpc) is 3.49. The lowest BCUT2D eigenvalue weighted by Crippen LogP contribution is -2.54. The number of amides is 5. The Kier molecular flexibility index (Phi) is 7.85. The van der Waals surface area contributed by atoms with Gasteiger partial charge in [-0.1, -0.05) is 18.2 Å². The van der Waals surface area contributed by atoms with Gasteiger partial charge in [-0.3, -0.25) is 38.9 Å². The third-order valence-electron chi connectivity index (χ3n) is 7.03. The fraction of sp³-hybridized carbons (Fsp3) is 0.241. The predicted octanol–water partition coefficient (Wildman–Crippen LogP) is 3.07. The Balaban J connectivity index is 1.34. The Labute approximate surface area is 242 Å². The lowest BCUT2D eigenvalue weighted by atomic mass is 9.90. The summed E-state index contributed by atoms with van der Waals surface area (Å²) in [5, 5.41) is 11.7. The second kappa shape index (κ2) is 11.5. The number of piperidine rings is 1. The molecule has 2 unspecified atom stereocenters. The van der Waals surface area contributed by atoms with E-state index in [1.807, 2.05) is 0 Å². The first-order valence-electron chi connectivity index (χ1n) is 13.1. The molecule has 2 aromatic carbocycles. The second-order valence-electron chi connectivity index (χ2n) is 10.1. The summed E-state index contributed by atoms with van der Waals surface area (Å²) in [7, 11) is 1.70. The van der Waals surface area contributed by atoms with E-state index in [0.29, 0.717) is 16.8 Å². The van der Waals surface area contributed by atoms with Crippen LogP contribution >= 0.6 is 0 Å². The molecule has 14 heteroatoms. The van der Waals surface area contributed by atoms with Crippen molar-refractivity contribution in [1.29, 1.82) is 0 Å². The van der Waals surface area contributed by atoms with E-state index >= 15 is 0 Å². The molecular formula is C29H25F3N6O5. The number of anilines is 2. The van der Waals surface area contributed by atoms with Crippen LogP contribution in [0.15, 0.2) is 72.7 Å². The van der Waals surface area contributed by atoms with E-state index in [1.165, 1.54) is 12.1 Å². The highest BCUT2D eigenvalue weighted by Crippen LogP contribution is 2.33. The second-order valence-corrected chi connectivity index (χ2v) is 10.1. The SMILES string of the molecule is Cn1cc(C(CC(=O)Nc2cccc(C(F)(F)F)c2)c2cccc(NC3=CC(=O)N(C4CCC(=O)NC4=O)C3=O)c2)cn1. The number of halogens is 3. The number of hydrogen-bond donors (Lipinski definition) is 3. The van der Waals surface area contributed by atoms with E-state index in [2.05, 4.69) is 21.0 Å². The van der Waals surface area contributed by atoms with Crippen molar-refractivity contribution in [1.82, 2.24) is 20.0 Å². The Morgan fingerprint density at radius 3 is 2.51 bits per heavy atom. The van der Waals surface area contributed by atoms with E-state index in [1.54, 1.807) is 48.4 Å². The van der Waals surface area contributed by atoms with Gasteiger partial charge in [0.15, 0.2) is 0 Å². The lowest BCUT2D eigenvalue weighted by Gasteiger charge is -2.28. The maximum atomic E-state index is 13.1. The number of alkyl halides is 3. The molecule has 0 bridgehead atoms. The fourth-order valence-corrected chi connectivity index (χ4v) is 5.01. The number of hydrogen-bond acceptors (Lipinski definition) is 7. The number of nitrogens with zero attached hydrogens (tertiary/aromatic N) is 3. The minimum Gasteiger partial charge on any atom is -0.351 e. The predicted molar refractivity (Wildman–Crippen MR) is 146 cm³/mol. The highest BCUT2D eigenvalue weighted by molar-refractivity contribution is 6.20. The van der Waals surface area contributed by atoms with Crippen LogP contribution in [0.5, 0.6) is 0 Å². The number of nitrogens with one attached hydrogen (secondary N) is 3. The van der Waals surface area contributed by atoms with E-state index in [0.717, 1.165) is 23.1 Å². The molecule has 11 nitrogen and oxygen atoms in total. The van der Waals surface area contributed by atoms with Crippen LogP contribution in [0.2, 0.25) is 0 Å². The van der Waals surface area contributed by atoms with Gasteiger partial charge in [0.25, 0.3) is 11.8 Å². The van der Waals surface area contributed by atoms with Crippen molar-refractivity contribution in [3.8, 4) is 0 Å². The Hall–Kier alpha value is -5.27. The number of aromatic nitrogens is 2. The van der Waals surface area contributed by atoms with Crippen molar-refractivity contribution in [2.45, 2.75) is 37.4 Å². The van der Waals surface area contributed by atoms with Gasteiger partial charge in [-0.25, -0.2) is 0 Å². The van der Waals surface area contributed by atoms with Gasteiger partial charge in [0.05, 0.1) is 11.8 Å². The summed E-state index contributed by atoms with van der Waals surface area (Å²) in [6.07, 6.45) is -0.339. The van der Waals surface area contributed by atoms with Gasteiger partial charge in [-0.15, -0.1) is 0 Å². The molecular weight excluding hydrogens is 569 g/mol. The van der Waals surface area contributed by atoms with Gasteiger partial charge >= 0.3 is 6.18 Å². The highest BCUT2D eigenvalue weighted by atomic mass is 19.4. The molecule has 0 radical (unpaired) electrons. The first-order chi connectivity index (χ1) is 20.4. The van der Waals surface area contributed by atoms with Crippen LogP contribution in [0.1, 0.15) is 41.9 Å². The third kappa shape index (κ3) is 6.47. The van der Waals surface area contributed by atoms with Crippen molar-refractivity contribution in [3.05, 3.63) is 89.4 Å². The Morgan fingerprint density at radius 2 is 1.81 bits per heavy atom. The van der Waals surface area contributed by atoms with Gasteiger partial charge in [0.1, 0.15) is 11.7 Å². The van der Waals surface area contributed by atoms with Crippen molar-refractivity contribution < 1.29 is 37.1 Å². The number of imide groups is 2. The van der Waals surface area contributed by atoms with E-state index in [9.17, 15) is 37.1 Å². The van der Waals surface area contributed by atoms with E-state index in [-0.39, 0.29) is 30.6 Å². The molecule has 3 heterocycles. The molecule has 3 aromatic rings. The monoisotopic (exact) mass is 594 g/mol. The summed E-state index contributed by atoms with van der Waals surface area (Å²) >= 11 is 0. The van der Waals surface area contributed by atoms with Crippen LogP contribution in [0.4, 0.5) is 24.5 Å². The third-order valence-corrected chi connectivity index (χ3v) is 7.03. The van der Waals surface area contributed by atoms with Gasteiger partial charge in [-0.2, -0.15) is 18.3 Å². The topological polar surface area (TPSA) is 142 Å². The lowest BCUT2D eigenvalue weighted by molar-refractivity contribution is -0.149. The van der Waals surface area contributed by atoms with E-state index < -0.39 is 53.2 Å². The van der Waals surface area contributed by atoms with Crippen molar-refractivity contribution >= 4 is 40.9 Å². The molecule has 5 rings (SSSR count). The smallest absolute Gasteiger partial charge is 0.351 e. The molecule has 43 heavy (non-hydrogen) atoms. The van der Waals surface area contributed by atoms with Crippen molar-refractivity contribution in [2.75, 3.05) is 10.6 Å². The minimum atomic E-state index is -4.56. The number of carbonyl (C=O) groups excluding carboxylic acids is 5. The number of aryl methyl sites for hydroxylation is 1. The fourth-order valence-electron chi connectivity index (χ4n) is 5.01. The standard InChI is InChI=1S/C29H25F3N6O5/c1-37-15-17(14-33-37)21(12-25(40)35-20-7-3-5-18(11-20)29(30,31)32)16-4-2-6-19(10-16)34-22-13-26(41)38(28(22)43)23-8-9-24(39)36-27(23)42/h2-7,10-11,13-15,21,23,34H,8-9,12H2,1H3,(H,35,40)(H,36,39,42). The molecule has 2 atom stereocenters. The first-order valence-corrected chi connectivity index (χ1v) is 13.1. The maximum absolute atomic E-state index is 13.1. The largest absolute Gasteiger partial charge is 0.416 e. The van der Waals surface area contributed by atoms with Crippen molar-refractivity contribution in [3.63, 3.8) is 0 Å². The summed E-state index contributed by atoms with van der Waals surface area (Å²) in [5.74, 6) is -3.74. The minimum absolute atomic E-state index is 0.00269. The molecule has 5 amide bonds. The van der Waals surface area contributed by atoms with E-state index in [4.69, 9.17) is 0 Å². The van der Waals surface area contributed by atoms with Crippen molar-refractivity contribution in [2.24, 2.45) is 7.05 Å². The summed E-state index contributed by atoms with van der Waals surface area (Å²) in [5.41, 5.74) is 0.718. The molecule has 2 aliphatic heterocycles. The Bertz CT molecular complexity index is 1660. The quantitative estimate of drug-likeness (QED) is 0.340.